The number of allylic oxidation sites excluding steroid dienone is 1. The fourth-order valence-corrected chi connectivity index (χ4v) is 2.25. The van der Waals surface area contributed by atoms with Gasteiger partial charge in [0.15, 0.2) is 5.78 Å². The van der Waals surface area contributed by atoms with E-state index in [0.717, 1.165) is 0 Å². The van der Waals surface area contributed by atoms with Crippen molar-refractivity contribution in [3.05, 3.63) is 40.7 Å². The molecule has 0 fully saturated rings. The molecule has 0 bridgehead atoms. The summed E-state index contributed by atoms with van der Waals surface area (Å²) in [6.07, 6.45) is 2.36. The molecule has 0 spiro atoms. The quantitative estimate of drug-likeness (QED) is 0.892. The first kappa shape index (κ1) is 14.9. The van der Waals surface area contributed by atoms with E-state index < -0.39 is 11.9 Å². The highest BCUT2D eigenvalue weighted by molar-refractivity contribution is 5.98. The van der Waals surface area contributed by atoms with Gasteiger partial charge < -0.3 is 10.4 Å². The number of carbonyl (C=O) groups excluding carboxylic acids is 1. The standard InChI is InChI=1S/C16H20FNO2/c1-16(2,3)18-9-15(20)12-6-7-14(17)13-8-10(19)4-5-11(12)13/h4-7,15,18,20H,8-9H2,1-3H3/t15-/m1/s1. The zero-order valence-electron chi connectivity index (χ0n) is 12.0. The lowest BCUT2D eigenvalue weighted by Gasteiger charge is -2.25. The summed E-state index contributed by atoms with van der Waals surface area (Å²) in [7, 11) is 0. The van der Waals surface area contributed by atoms with Crippen molar-refractivity contribution in [1.29, 1.82) is 0 Å². The lowest BCUT2D eigenvalue weighted by Crippen LogP contribution is -2.38. The molecule has 1 aromatic carbocycles. The summed E-state index contributed by atoms with van der Waals surface area (Å²) in [4.78, 5) is 11.4. The topological polar surface area (TPSA) is 49.3 Å². The Bertz CT molecular complexity index is 558. The van der Waals surface area contributed by atoms with Crippen LogP contribution in [0.2, 0.25) is 0 Å². The third-order valence-electron chi connectivity index (χ3n) is 3.31. The Morgan fingerprint density at radius 1 is 1.35 bits per heavy atom. The van der Waals surface area contributed by atoms with Crippen LogP contribution < -0.4 is 5.32 Å². The molecule has 2 rings (SSSR count). The van der Waals surface area contributed by atoms with Crippen LogP contribution in [0.15, 0.2) is 18.2 Å². The highest BCUT2D eigenvalue weighted by atomic mass is 19.1. The van der Waals surface area contributed by atoms with Crippen LogP contribution in [0.5, 0.6) is 0 Å². The van der Waals surface area contributed by atoms with Crippen LogP contribution in [0.4, 0.5) is 4.39 Å². The maximum atomic E-state index is 13.8. The van der Waals surface area contributed by atoms with Gasteiger partial charge in [0.2, 0.25) is 0 Å². The van der Waals surface area contributed by atoms with E-state index in [1.54, 1.807) is 12.1 Å². The number of aliphatic hydroxyl groups excluding tert-OH is 1. The Labute approximate surface area is 118 Å². The second-order valence-electron chi connectivity index (χ2n) is 6.15. The Hall–Kier alpha value is -1.52. The van der Waals surface area contributed by atoms with Crippen LogP contribution in [0.1, 0.15) is 43.6 Å². The minimum absolute atomic E-state index is 0.0604. The Morgan fingerprint density at radius 2 is 2.05 bits per heavy atom. The first-order valence-electron chi connectivity index (χ1n) is 6.73. The number of nitrogens with one attached hydrogen (secondary N) is 1. The van der Waals surface area contributed by atoms with Crippen molar-refractivity contribution in [2.75, 3.05) is 6.54 Å². The summed E-state index contributed by atoms with van der Waals surface area (Å²) in [6, 6.07) is 2.91. The molecule has 1 aromatic rings. The van der Waals surface area contributed by atoms with Gasteiger partial charge in [-0.15, -0.1) is 0 Å². The van der Waals surface area contributed by atoms with Gasteiger partial charge in [0, 0.05) is 24.1 Å². The maximum Gasteiger partial charge on any atom is 0.160 e. The van der Waals surface area contributed by atoms with Gasteiger partial charge in [-0.2, -0.15) is 0 Å². The summed E-state index contributed by atoms with van der Waals surface area (Å²) in [6.45, 7) is 6.42. The van der Waals surface area contributed by atoms with E-state index in [1.807, 2.05) is 20.8 Å². The zero-order chi connectivity index (χ0) is 14.9. The Balaban J connectivity index is 2.28. The number of fused-ring (bicyclic) bond motifs is 1. The number of carbonyl (C=O) groups is 1. The van der Waals surface area contributed by atoms with Crippen molar-refractivity contribution in [2.45, 2.75) is 38.8 Å². The molecule has 0 amide bonds. The molecule has 2 N–H and O–H groups in total. The molecular weight excluding hydrogens is 257 g/mol. The van der Waals surface area contributed by atoms with E-state index in [0.29, 0.717) is 23.2 Å². The minimum atomic E-state index is -0.735. The molecule has 3 nitrogen and oxygen atoms in total. The largest absolute Gasteiger partial charge is 0.387 e. The van der Waals surface area contributed by atoms with E-state index in [-0.39, 0.29) is 17.7 Å². The van der Waals surface area contributed by atoms with Gasteiger partial charge in [-0.25, -0.2) is 4.39 Å². The predicted molar refractivity (Wildman–Crippen MR) is 76.9 cm³/mol. The number of rotatable bonds is 3. The van der Waals surface area contributed by atoms with Crippen LogP contribution in [-0.2, 0) is 11.2 Å². The number of aliphatic hydroxyl groups is 1. The fraction of sp³-hybridized carbons (Fsp3) is 0.438. The summed E-state index contributed by atoms with van der Waals surface area (Å²) in [5.41, 5.74) is 1.56. The van der Waals surface area contributed by atoms with Crippen molar-refractivity contribution in [3.63, 3.8) is 0 Å². The zero-order valence-corrected chi connectivity index (χ0v) is 12.0. The first-order valence-corrected chi connectivity index (χ1v) is 6.73. The molecule has 1 aliphatic carbocycles. The van der Waals surface area contributed by atoms with E-state index in [4.69, 9.17) is 0 Å². The molecule has 0 aromatic heterocycles. The average Bonchev–Trinajstić information content (AvgIpc) is 2.36. The van der Waals surface area contributed by atoms with Gasteiger partial charge in [0.25, 0.3) is 0 Å². The van der Waals surface area contributed by atoms with Gasteiger partial charge in [0.05, 0.1) is 6.10 Å². The molecule has 0 unspecified atom stereocenters. The first-order chi connectivity index (χ1) is 9.28. The molecule has 1 atom stereocenters. The van der Waals surface area contributed by atoms with Crippen molar-refractivity contribution >= 4 is 11.9 Å². The number of hydrogen-bond donors (Lipinski definition) is 2. The van der Waals surface area contributed by atoms with Crippen molar-refractivity contribution in [2.24, 2.45) is 0 Å². The normalized spacial score (nSPS) is 16.1. The molecule has 0 saturated carbocycles. The lowest BCUT2D eigenvalue weighted by molar-refractivity contribution is -0.114. The van der Waals surface area contributed by atoms with Gasteiger partial charge >= 0.3 is 0 Å². The molecular formula is C16H20FNO2. The van der Waals surface area contributed by atoms with Crippen LogP contribution in [-0.4, -0.2) is 23.0 Å². The number of hydrogen-bond acceptors (Lipinski definition) is 3. The van der Waals surface area contributed by atoms with E-state index >= 15 is 0 Å². The minimum Gasteiger partial charge on any atom is -0.387 e. The molecule has 0 saturated heterocycles. The number of benzene rings is 1. The van der Waals surface area contributed by atoms with Crippen LogP contribution >= 0.6 is 0 Å². The second-order valence-corrected chi connectivity index (χ2v) is 6.15. The highest BCUT2D eigenvalue weighted by Gasteiger charge is 2.22. The third kappa shape index (κ3) is 3.32. The van der Waals surface area contributed by atoms with E-state index in [2.05, 4.69) is 5.32 Å². The smallest absolute Gasteiger partial charge is 0.160 e. The number of halogens is 1. The summed E-state index contributed by atoms with van der Waals surface area (Å²) in [5, 5.41) is 13.5. The predicted octanol–water partition coefficient (Wildman–Crippen LogP) is 2.39. The molecule has 0 aliphatic heterocycles. The van der Waals surface area contributed by atoms with Crippen molar-refractivity contribution in [3.8, 4) is 0 Å². The number of ketones is 1. The van der Waals surface area contributed by atoms with Gasteiger partial charge in [0.1, 0.15) is 5.82 Å². The van der Waals surface area contributed by atoms with Gasteiger partial charge in [-0.3, -0.25) is 4.79 Å². The summed E-state index contributed by atoms with van der Waals surface area (Å²) < 4.78 is 13.8. The maximum absolute atomic E-state index is 13.8. The molecule has 20 heavy (non-hydrogen) atoms. The van der Waals surface area contributed by atoms with E-state index in [1.165, 1.54) is 12.1 Å². The summed E-state index contributed by atoms with van der Waals surface area (Å²) in [5.74, 6) is -0.506. The molecule has 1 aliphatic rings. The molecule has 0 heterocycles. The SMILES string of the molecule is CC(C)(C)NC[C@@H](O)c1ccc(F)c2c1C=CC(=O)C2. The number of β-amino-alcohol motifs (C(OH)–C–C–N with tert-alkyl or cyclic N) is 1. The van der Waals surface area contributed by atoms with Crippen molar-refractivity contribution in [1.82, 2.24) is 5.32 Å². The molecule has 108 valence electrons. The summed E-state index contributed by atoms with van der Waals surface area (Å²) >= 11 is 0. The van der Waals surface area contributed by atoms with Crippen LogP contribution in [0.25, 0.3) is 6.08 Å². The van der Waals surface area contributed by atoms with E-state index in [9.17, 15) is 14.3 Å². The second kappa shape index (κ2) is 5.46. The Morgan fingerprint density at radius 3 is 2.70 bits per heavy atom. The van der Waals surface area contributed by atoms with Crippen molar-refractivity contribution < 1.29 is 14.3 Å². The van der Waals surface area contributed by atoms with Crippen LogP contribution in [0.3, 0.4) is 0 Å². The molecule has 4 heteroatoms. The average molecular weight is 277 g/mol. The third-order valence-corrected chi connectivity index (χ3v) is 3.31. The van der Waals surface area contributed by atoms with Gasteiger partial charge in [-0.1, -0.05) is 12.1 Å². The van der Waals surface area contributed by atoms with Crippen LogP contribution in [0, 0.1) is 5.82 Å². The monoisotopic (exact) mass is 277 g/mol. The Kier molecular flexibility index (Phi) is 4.06. The highest BCUT2D eigenvalue weighted by Crippen LogP contribution is 2.28. The molecule has 0 radical (unpaired) electrons. The lowest BCUT2D eigenvalue weighted by atomic mass is 9.89. The van der Waals surface area contributed by atoms with Gasteiger partial charge in [-0.05, 0) is 44.0 Å². The fourth-order valence-electron chi connectivity index (χ4n) is 2.25.